The zero-order chi connectivity index (χ0) is 32.2. The Kier molecular flexibility index (Phi) is 9.64. The van der Waals surface area contributed by atoms with Crippen LogP contribution < -0.4 is 24.4 Å². The third kappa shape index (κ3) is 6.62. The van der Waals surface area contributed by atoms with E-state index in [0.717, 1.165) is 16.9 Å². The molecule has 5 rings (SSSR count). The van der Waals surface area contributed by atoms with Gasteiger partial charge in [0.1, 0.15) is 6.61 Å². The van der Waals surface area contributed by atoms with Crippen molar-refractivity contribution in [1.29, 1.82) is 0 Å². The molecular formula is C33H30BrN3O7S. The number of carbonyl (C=O) groups excluding carboxylic acids is 1. The highest BCUT2D eigenvalue weighted by atomic mass is 79.9. The molecule has 2 heterocycles. The lowest BCUT2D eigenvalue weighted by molar-refractivity contribution is -0.385. The fourth-order valence-electron chi connectivity index (χ4n) is 5.06. The van der Waals surface area contributed by atoms with E-state index in [1.54, 1.807) is 45.0 Å². The monoisotopic (exact) mass is 691 g/mol. The number of hydrogen-bond donors (Lipinski definition) is 0. The van der Waals surface area contributed by atoms with Gasteiger partial charge in [0, 0.05) is 11.6 Å². The summed E-state index contributed by atoms with van der Waals surface area (Å²) >= 11 is 4.76. The Morgan fingerprint density at radius 3 is 2.53 bits per heavy atom. The molecule has 0 unspecified atom stereocenters. The lowest BCUT2D eigenvalue weighted by Gasteiger charge is -2.24. The van der Waals surface area contributed by atoms with Gasteiger partial charge < -0.3 is 14.2 Å². The molecule has 0 bridgehead atoms. The molecule has 0 fully saturated rings. The lowest BCUT2D eigenvalue weighted by Crippen LogP contribution is -2.40. The van der Waals surface area contributed by atoms with Gasteiger partial charge in [0.2, 0.25) is 0 Å². The molecule has 0 N–H and O–H groups in total. The maximum absolute atomic E-state index is 14.0. The number of fused-ring (bicyclic) bond motifs is 1. The number of esters is 1. The predicted octanol–water partition coefficient (Wildman–Crippen LogP) is 5.76. The van der Waals surface area contributed by atoms with Crippen LogP contribution in [-0.2, 0) is 16.1 Å². The number of benzene rings is 3. The first-order chi connectivity index (χ1) is 21.6. The Balaban J connectivity index is 1.63. The molecule has 12 heteroatoms. The first-order valence-electron chi connectivity index (χ1n) is 14.2. The summed E-state index contributed by atoms with van der Waals surface area (Å²) in [6.07, 6.45) is 1.72. The van der Waals surface area contributed by atoms with Crippen LogP contribution in [0.1, 0.15) is 49.1 Å². The smallest absolute Gasteiger partial charge is 0.338 e. The van der Waals surface area contributed by atoms with E-state index in [4.69, 9.17) is 14.2 Å². The molecule has 1 aromatic heterocycles. The number of allylic oxidation sites excluding steroid dienone is 1. The van der Waals surface area contributed by atoms with Crippen LogP contribution in [0.2, 0.25) is 0 Å². The number of carbonyl (C=O) groups is 1. The van der Waals surface area contributed by atoms with E-state index < -0.39 is 22.5 Å². The largest absolute Gasteiger partial charge is 0.490 e. The summed E-state index contributed by atoms with van der Waals surface area (Å²) in [5.41, 5.74) is 2.54. The zero-order valence-corrected chi connectivity index (χ0v) is 27.4. The SMILES string of the molecule is CCOC(=O)C1=C(C)N=c2s/c(=C/c3cc(Br)c(OCc4ccccc4)c(OCC)c3)c(=O)n2[C@H]1c1ccc(C)c([N+](=O)[O-])c1. The minimum Gasteiger partial charge on any atom is -0.490 e. The van der Waals surface area contributed by atoms with Crippen LogP contribution in [0.5, 0.6) is 11.5 Å². The molecule has 0 radical (unpaired) electrons. The molecule has 0 aliphatic carbocycles. The van der Waals surface area contributed by atoms with Crippen LogP contribution in [0.25, 0.3) is 6.08 Å². The van der Waals surface area contributed by atoms with Crippen molar-refractivity contribution in [2.24, 2.45) is 4.99 Å². The molecule has 4 aromatic rings. The summed E-state index contributed by atoms with van der Waals surface area (Å²) in [5, 5.41) is 11.8. The van der Waals surface area contributed by atoms with E-state index >= 15 is 0 Å². The van der Waals surface area contributed by atoms with E-state index in [2.05, 4.69) is 20.9 Å². The van der Waals surface area contributed by atoms with Crippen molar-refractivity contribution >= 4 is 45.0 Å². The Bertz CT molecular complexity index is 2000. The van der Waals surface area contributed by atoms with E-state index in [0.29, 0.717) is 60.9 Å². The summed E-state index contributed by atoms with van der Waals surface area (Å²) in [7, 11) is 0. The maximum Gasteiger partial charge on any atom is 0.338 e. The second-order valence-electron chi connectivity index (χ2n) is 10.1. The summed E-state index contributed by atoms with van der Waals surface area (Å²) in [6.45, 7) is 7.71. The third-order valence-electron chi connectivity index (χ3n) is 7.12. The van der Waals surface area contributed by atoms with Gasteiger partial charge in [0.15, 0.2) is 16.3 Å². The molecule has 1 atom stereocenters. The van der Waals surface area contributed by atoms with Crippen LogP contribution in [0.4, 0.5) is 5.69 Å². The van der Waals surface area contributed by atoms with Crippen LogP contribution in [0.3, 0.4) is 0 Å². The van der Waals surface area contributed by atoms with E-state index in [9.17, 15) is 19.7 Å². The van der Waals surface area contributed by atoms with Crippen molar-refractivity contribution in [3.63, 3.8) is 0 Å². The van der Waals surface area contributed by atoms with E-state index in [1.165, 1.54) is 10.6 Å². The first kappa shape index (κ1) is 31.9. The zero-order valence-electron chi connectivity index (χ0n) is 25.0. The summed E-state index contributed by atoms with van der Waals surface area (Å²) in [4.78, 5) is 43.5. The van der Waals surface area contributed by atoms with Gasteiger partial charge in [0.25, 0.3) is 11.2 Å². The normalized spacial score (nSPS) is 14.5. The van der Waals surface area contributed by atoms with Crippen molar-refractivity contribution < 1.29 is 23.9 Å². The number of nitro benzene ring substituents is 1. The Labute approximate surface area is 271 Å². The van der Waals surface area contributed by atoms with Crippen LogP contribution in [0, 0.1) is 17.0 Å². The van der Waals surface area contributed by atoms with Crippen molar-refractivity contribution in [2.45, 2.75) is 40.3 Å². The minimum atomic E-state index is -0.971. The van der Waals surface area contributed by atoms with Gasteiger partial charge in [-0.05, 0) is 78.5 Å². The molecule has 232 valence electrons. The number of thiazole rings is 1. The molecule has 0 amide bonds. The number of aryl methyl sites for hydroxylation is 1. The van der Waals surface area contributed by atoms with Gasteiger partial charge in [-0.15, -0.1) is 0 Å². The summed E-state index contributed by atoms with van der Waals surface area (Å²) in [5.74, 6) is 0.403. The number of ether oxygens (including phenoxy) is 3. The van der Waals surface area contributed by atoms with Gasteiger partial charge in [-0.25, -0.2) is 9.79 Å². The van der Waals surface area contributed by atoms with Gasteiger partial charge >= 0.3 is 5.97 Å². The molecule has 10 nitrogen and oxygen atoms in total. The second kappa shape index (κ2) is 13.6. The topological polar surface area (TPSA) is 122 Å². The van der Waals surface area contributed by atoms with Gasteiger partial charge in [-0.3, -0.25) is 19.5 Å². The fraction of sp³-hybridized carbons (Fsp3) is 0.242. The lowest BCUT2D eigenvalue weighted by atomic mass is 9.94. The van der Waals surface area contributed by atoms with Crippen LogP contribution in [-0.4, -0.2) is 28.7 Å². The van der Waals surface area contributed by atoms with E-state index in [-0.39, 0.29) is 17.9 Å². The van der Waals surface area contributed by atoms with Crippen LogP contribution >= 0.6 is 27.3 Å². The van der Waals surface area contributed by atoms with E-state index in [1.807, 2.05) is 43.3 Å². The molecule has 45 heavy (non-hydrogen) atoms. The standard InChI is InChI=1S/C33H30BrN3O7S/c1-5-42-26-15-22(14-24(34)30(26)44-18-21-10-8-7-9-11-21)16-27-31(38)36-29(23-13-12-19(3)25(17-23)37(40)41)28(32(39)43-6-2)20(4)35-33(36)45-27/h7-17,29H,5-6,18H2,1-4H3/b27-16+/t29-/m0/s1. The second-order valence-corrected chi connectivity index (χ2v) is 12.0. The highest BCUT2D eigenvalue weighted by Gasteiger charge is 2.34. The molecule has 0 spiro atoms. The van der Waals surface area contributed by atoms with Crippen molar-refractivity contribution in [3.8, 4) is 11.5 Å². The Morgan fingerprint density at radius 2 is 1.84 bits per heavy atom. The minimum absolute atomic E-state index is 0.114. The predicted molar refractivity (Wildman–Crippen MR) is 174 cm³/mol. The number of aromatic nitrogens is 1. The third-order valence-corrected chi connectivity index (χ3v) is 8.69. The van der Waals surface area contributed by atoms with Crippen molar-refractivity contribution in [2.75, 3.05) is 13.2 Å². The number of hydrogen-bond acceptors (Lipinski definition) is 9. The maximum atomic E-state index is 14.0. The van der Waals surface area contributed by atoms with Gasteiger partial charge in [0.05, 0.1) is 44.5 Å². The number of nitro groups is 1. The Hall–Kier alpha value is -4.55. The Morgan fingerprint density at radius 1 is 1.09 bits per heavy atom. The van der Waals surface area contributed by atoms with Gasteiger partial charge in [-0.2, -0.15) is 0 Å². The van der Waals surface area contributed by atoms with Gasteiger partial charge in [-0.1, -0.05) is 53.8 Å². The highest BCUT2D eigenvalue weighted by molar-refractivity contribution is 9.10. The van der Waals surface area contributed by atoms with Crippen LogP contribution in [0.15, 0.2) is 86.2 Å². The quantitative estimate of drug-likeness (QED) is 0.118. The summed E-state index contributed by atoms with van der Waals surface area (Å²) in [6, 6.07) is 17.1. The molecule has 0 saturated heterocycles. The summed E-state index contributed by atoms with van der Waals surface area (Å²) < 4.78 is 19.7. The number of nitrogens with zero attached hydrogens (tertiary/aromatic N) is 3. The molecular weight excluding hydrogens is 662 g/mol. The molecule has 1 aliphatic heterocycles. The average Bonchev–Trinajstić information content (AvgIpc) is 3.30. The van der Waals surface area contributed by atoms with Crippen molar-refractivity contribution in [1.82, 2.24) is 4.57 Å². The number of rotatable bonds is 10. The number of halogens is 1. The molecule has 0 saturated carbocycles. The highest BCUT2D eigenvalue weighted by Crippen LogP contribution is 2.38. The molecule has 1 aliphatic rings. The first-order valence-corrected chi connectivity index (χ1v) is 15.8. The average molecular weight is 693 g/mol. The van der Waals surface area contributed by atoms with Crippen molar-refractivity contribution in [3.05, 3.63) is 128 Å². The fourth-order valence-corrected chi connectivity index (χ4v) is 6.68. The molecule has 3 aromatic carbocycles.